The molecule has 0 unspecified atom stereocenters. The minimum atomic E-state index is -3.30. The summed E-state index contributed by atoms with van der Waals surface area (Å²) < 4.78 is 43.2. The molecule has 2 heterocycles. The van der Waals surface area contributed by atoms with Gasteiger partial charge in [0.2, 0.25) is 5.91 Å². The summed E-state index contributed by atoms with van der Waals surface area (Å²) in [6.07, 6.45) is 0. The predicted octanol–water partition coefficient (Wildman–Crippen LogP) is 2.50. The number of ether oxygens (including phenoxy) is 1. The molecule has 0 aromatic heterocycles. The molecule has 1 amide bonds. The van der Waals surface area contributed by atoms with Crippen molar-refractivity contribution in [1.82, 2.24) is 4.90 Å². The molecule has 6 nitrogen and oxygen atoms in total. The van der Waals surface area contributed by atoms with Crippen LogP contribution in [0.5, 0.6) is 5.75 Å². The van der Waals surface area contributed by atoms with E-state index in [1.807, 2.05) is 4.90 Å². The molecular formula is C20H20ClFN2O4S. The van der Waals surface area contributed by atoms with Crippen molar-refractivity contribution in [2.45, 2.75) is 18.6 Å². The van der Waals surface area contributed by atoms with Gasteiger partial charge in [0, 0.05) is 18.3 Å². The van der Waals surface area contributed by atoms with Gasteiger partial charge >= 0.3 is 0 Å². The van der Waals surface area contributed by atoms with Gasteiger partial charge in [0.1, 0.15) is 11.6 Å². The topological polar surface area (TPSA) is 66.9 Å². The first kappa shape index (κ1) is 20.1. The average Bonchev–Trinajstić information content (AvgIpc) is 2.99. The molecule has 0 spiro atoms. The number of hydrogen-bond donors (Lipinski definition) is 0. The minimum Gasteiger partial charge on any atom is -0.495 e. The van der Waals surface area contributed by atoms with E-state index in [-0.39, 0.29) is 35.8 Å². The van der Waals surface area contributed by atoms with Gasteiger partial charge in [0.25, 0.3) is 0 Å². The van der Waals surface area contributed by atoms with Gasteiger partial charge in [-0.05, 0) is 35.9 Å². The van der Waals surface area contributed by atoms with Gasteiger partial charge in [-0.15, -0.1) is 0 Å². The molecule has 2 aliphatic heterocycles. The monoisotopic (exact) mass is 438 g/mol. The van der Waals surface area contributed by atoms with Crippen LogP contribution in [0.1, 0.15) is 5.56 Å². The Morgan fingerprint density at radius 1 is 1.14 bits per heavy atom. The smallest absolute Gasteiger partial charge is 0.241 e. The summed E-state index contributed by atoms with van der Waals surface area (Å²) >= 11 is 6.22. The molecule has 0 N–H and O–H groups in total. The van der Waals surface area contributed by atoms with Crippen molar-refractivity contribution in [3.05, 3.63) is 58.9 Å². The second kappa shape index (κ2) is 7.59. The van der Waals surface area contributed by atoms with E-state index in [0.717, 1.165) is 5.56 Å². The lowest BCUT2D eigenvalue weighted by Gasteiger charge is -2.43. The second-order valence-corrected chi connectivity index (χ2v) is 9.89. The molecule has 0 saturated carbocycles. The highest BCUT2D eigenvalue weighted by molar-refractivity contribution is 7.91. The SMILES string of the molecule is COc1ccc(N2C(=O)CN(Cc3ccc(F)cc3)[C@H]3CS(=O)(=O)C[C@@H]32)cc1Cl. The first-order valence-electron chi connectivity index (χ1n) is 9.12. The fraction of sp³-hybridized carbons (Fsp3) is 0.350. The third-order valence-electron chi connectivity index (χ3n) is 5.41. The number of sulfone groups is 1. The van der Waals surface area contributed by atoms with E-state index < -0.39 is 15.9 Å². The van der Waals surface area contributed by atoms with Gasteiger partial charge in [-0.2, -0.15) is 0 Å². The zero-order chi connectivity index (χ0) is 20.8. The van der Waals surface area contributed by atoms with Gasteiger partial charge in [0.05, 0.1) is 36.2 Å². The van der Waals surface area contributed by atoms with Crippen LogP contribution in [0.4, 0.5) is 10.1 Å². The van der Waals surface area contributed by atoms with Crippen LogP contribution in [0.25, 0.3) is 0 Å². The summed E-state index contributed by atoms with van der Waals surface area (Å²) in [6.45, 7) is 0.442. The van der Waals surface area contributed by atoms with E-state index >= 15 is 0 Å². The van der Waals surface area contributed by atoms with Crippen LogP contribution in [0.2, 0.25) is 5.02 Å². The van der Waals surface area contributed by atoms with E-state index in [2.05, 4.69) is 0 Å². The van der Waals surface area contributed by atoms with Crippen molar-refractivity contribution < 1.29 is 22.3 Å². The normalized spacial score (nSPS) is 23.8. The summed E-state index contributed by atoms with van der Waals surface area (Å²) in [7, 11) is -1.80. The molecule has 0 bridgehead atoms. The van der Waals surface area contributed by atoms with Crippen LogP contribution in [0.15, 0.2) is 42.5 Å². The van der Waals surface area contributed by atoms with Crippen LogP contribution >= 0.6 is 11.6 Å². The van der Waals surface area contributed by atoms with Gasteiger partial charge in [-0.3, -0.25) is 9.69 Å². The first-order chi connectivity index (χ1) is 13.8. The predicted molar refractivity (Wildman–Crippen MR) is 109 cm³/mol. The fourth-order valence-electron chi connectivity index (χ4n) is 4.10. The maximum absolute atomic E-state index is 13.2. The van der Waals surface area contributed by atoms with Crippen LogP contribution in [0.3, 0.4) is 0 Å². The van der Waals surface area contributed by atoms with Crippen molar-refractivity contribution >= 4 is 33.0 Å². The highest BCUT2D eigenvalue weighted by atomic mass is 35.5. The van der Waals surface area contributed by atoms with E-state index in [0.29, 0.717) is 23.0 Å². The summed E-state index contributed by atoms with van der Waals surface area (Å²) in [5.74, 6) is -0.188. The van der Waals surface area contributed by atoms with Crippen molar-refractivity contribution in [1.29, 1.82) is 0 Å². The third kappa shape index (κ3) is 3.97. The van der Waals surface area contributed by atoms with Crippen LogP contribution < -0.4 is 9.64 Å². The quantitative estimate of drug-likeness (QED) is 0.733. The Balaban J connectivity index is 1.66. The van der Waals surface area contributed by atoms with Gasteiger partial charge in [-0.1, -0.05) is 23.7 Å². The van der Waals surface area contributed by atoms with Gasteiger partial charge in [0.15, 0.2) is 9.84 Å². The van der Waals surface area contributed by atoms with Gasteiger partial charge in [-0.25, -0.2) is 12.8 Å². The van der Waals surface area contributed by atoms with Crippen LogP contribution in [0, 0.1) is 5.82 Å². The first-order valence-corrected chi connectivity index (χ1v) is 11.3. The zero-order valence-electron chi connectivity index (χ0n) is 15.7. The van der Waals surface area contributed by atoms with E-state index in [4.69, 9.17) is 16.3 Å². The van der Waals surface area contributed by atoms with Crippen molar-refractivity contribution in [3.8, 4) is 5.75 Å². The molecule has 4 rings (SSSR count). The molecule has 29 heavy (non-hydrogen) atoms. The number of fused-ring (bicyclic) bond motifs is 1. The maximum Gasteiger partial charge on any atom is 0.241 e. The Hall–Kier alpha value is -2.16. The molecule has 154 valence electrons. The van der Waals surface area contributed by atoms with E-state index in [1.165, 1.54) is 19.2 Å². The standard InChI is InChI=1S/C20H20ClFN2O4S/c1-28-19-7-6-15(8-16(19)21)24-18-12-29(26,27)11-17(18)23(10-20(24)25)9-13-2-4-14(22)5-3-13/h2-8,17-18H,9-12H2,1H3/t17-,18-/m0/s1. The average molecular weight is 439 g/mol. The lowest BCUT2D eigenvalue weighted by Crippen LogP contribution is -2.61. The molecule has 0 aliphatic carbocycles. The van der Waals surface area contributed by atoms with Crippen LogP contribution in [-0.2, 0) is 21.2 Å². The lowest BCUT2D eigenvalue weighted by molar-refractivity contribution is -0.123. The molecular weight excluding hydrogens is 419 g/mol. The minimum absolute atomic E-state index is 0.0213. The summed E-state index contributed by atoms with van der Waals surface area (Å²) in [5.41, 5.74) is 1.37. The number of amides is 1. The molecule has 2 atom stereocenters. The van der Waals surface area contributed by atoms with Gasteiger partial charge < -0.3 is 9.64 Å². The number of piperazine rings is 1. The number of benzene rings is 2. The third-order valence-corrected chi connectivity index (χ3v) is 7.41. The Labute approximate surface area is 173 Å². The Morgan fingerprint density at radius 3 is 2.48 bits per heavy atom. The number of nitrogens with zero attached hydrogens (tertiary/aromatic N) is 2. The molecule has 2 aliphatic rings. The zero-order valence-corrected chi connectivity index (χ0v) is 17.3. The molecule has 9 heteroatoms. The van der Waals surface area contributed by atoms with E-state index in [9.17, 15) is 17.6 Å². The largest absolute Gasteiger partial charge is 0.495 e. The highest BCUT2D eigenvalue weighted by Gasteiger charge is 2.49. The summed E-state index contributed by atoms with van der Waals surface area (Å²) in [4.78, 5) is 16.4. The number of anilines is 1. The Bertz CT molecular complexity index is 1040. The maximum atomic E-state index is 13.2. The Morgan fingerprint density at radius 2 is 1.83 bits per heavy atom. The van der Waals surface area contributed by atoms with Crippen molar-refractivity contribution in [2.75, 3.05) is 30.1 Å². The second-order valence-electron chi connectivity index (χ2n) is 7.33. The van der Waals surface area contributed by atoms with Crippen molar-refractivity contribution in [3.63, 3.8) is 0 Å². The molecule has 2 saturated heterocycles. The number of carbonyl (C=O) groups is 1. The summed E-state index contributed by atoms with van der Waals surface area (Å²) in [6, 6.07) is 10.1. The molecule has 2 aromatic carbocycles. The molecule has 2 fully saturated rings. The number of methoxy groups -OCH3 is 1. The molecule has 2 aromatic rings. The summed E-state index contributed by atoms with van der Waals surface area (Å²) in [5, 5.41) is 0.351. The Kier molecular flexibility index (Phi) is 5.27. The number of rotatable bonds is 4. The fourth-order valence-corrected chi connectivity index (χ4v) is 6.33. The van der Waals surface area contributed by atoms with E-state index in [1.54, 1.807) is 35.2 Å². The number of hydrogen-bond acceptors (Lipinski definition) is 5. The molecule has 0 radical (unpaired) electrons. The lowest BCUT2D eigenvalue weighted by atomic mass is 10.0. The number of halogens is 2. The van der Waals surface area contributed by atoms with Crippen LogP contribution in [-0.4, -0.2) is 56.5 Å². The highest BCUT2D eigenvalue weighted by Crippen LogP contribution is 2.35. The van der Waals surface area contributed by atoms with Crippen molar-refractivity contribution in [2.24, 2.45) is 0 Å². The number of carbonyl (C=O) groups excluding carboxylic acids is 1.